The van der Waals surface area contributed by atoms with Gasteiger partial charge in [-0.3, -0.25) is 4.90 Å². The predicted molar refractivity (Wildman–Crippen MR) is 83.4 cm³/mol. The van der Waals surface area contributed by atoms with Crippen LogP contribution in [0.5, 0.6) is 0 Å². The molecule has 0 saturated heterocycles. The molecule has 114 valence electrons. The van der Waals surface area contributed by atoms with Crippen molar-refractivity contribution < 1.29 is 4.42 Å². The van der Waals surface area contributed by atoms with E-state index < -0.39 is 0 Å². The Bertz CT molecular complexity index is 378. The molecule has 2 rings (SSSR count). The summed E-state index contributed by atoms with van der Waals surface area (Å²) in [4.78, 5) is 2.53. The van der Waals surface area contributed by atoms with Crippen LogP contribution in [0.4, 0.5) is 0 Å². The lowest BCUT2D eigenvalue weighted by Crippen LogP contribution is -2.55. The Morgan fingerprint density at radius 3 is 2.55 bits per heavy atom. The van der Waals surface area contributed by atoms with Crippen LogP contribution >= 0.6 is 0 Å². The molecule has 1 aromatic heterocycles. The molecule has 3 nitrogen and oxygen atoms in total. The summed E-state index contributed by atoms with van der Waals surface area (Å²) < 4.78 is 5.52. The van der Waals surface area contributed by atoms with Gasteiger partial charge in [0.25, 0.3) is 0 Å². The zero-order valence-electron chi connectivity index (χ0n) is 13.3. The van der Waals surface area contributed by atoms with Crippen LogP contribution in [0, 0.1) is 11.8 Å². The lowest BCUT2D eigenvalue weighted by molar-refractivity contribution is 0.0278. The molecule has 1 aromatic rings. The second kappa shape index (κ2) is 6.77. The van der Waals surface area contributed by atoms with Crippen LogP contribution in [0.2, 0.25) is 0 Å². The Morgan fingerprint density at radius 1 is 1.40 bits per heavy atom. The van der Waals surface area contributed by atoms with Gasteiger partial charge in [0.2, 0.25) is 0 Å². The van der Waals surface area contributed by atoms with E-state index in [0.717, 1.165) is 37.2 Å². The first-order valence-corrected chi connectivity index (χ1v) is 8.09. The van der Waals surface area contributed by atoms with Crippen molar-refractivity contribution in [2.24, 2.45) is 17.6 Å². The number of furan rings is 1. The van der Waals surface area contributed by atoms with Crippen molar-refractivity contribution in [1.82, 2.24) is 4.90 Å². The minimum atomic E-state index is 0.174. The van der Waals surface area contributed by atoms with E-state index in [1.54, 1.807) is 6.26 Å². The Kier molecular flexibility index (Phi) is 5.28. The molecule has 0 aromatic carbocycles. The first kappa shape index (κ1) is 15.6. The highest BCUT2D eigenvalue weighted by Gasteiger charge is 2.39. The maximum absolute atomic E-state index is 6.19. The highest BCUT2D eigenvalue weighted by Crippen LogP contribution is 2.39. The van der Waals surface area contributed by atoms with Crippen LogP contribution < -0.4 is 5.73 Å². The molecule has 1 saturated carbocycles. The van der Waals surface area contributed by atoms with Crippen LogP contribution in [0.3, 0.4) is 0 Å². The largest absolute Gasteiger partial charge is 0.468 e. The van der Waals surface area contributed by atoms with Gasteiger partial charge in [-0.2, -0.15) is 0 Å². The Hall–Kier alpha value is -0.800. The van der Waals surface area contributed by atoms with E-state index in [4.69, 9.17) is 10.2 Å². The van der Waals surface area contributed by atoms with Crippen LogP contribution in [0.1, 0.15) is 52.2 Å². The average molecular weight is 278 g/mol. The first-order chi connectivity index (χ1) is 9.61. The predicted octanol–water partition coefficient (Wildman–Crippen LogP) is 3.65. The van der Waals surface area contributed by atoms with E-state index in [-0.39, 0.29) is 5.54 Å². The van der Waals surface area contributed by atoms with Crippen LogP contribution in [0.15, 0.2) is 22.8 Å². The molecule has 0 amide bonds. The minimum absolute atomic E-state index is 0.174. The van der Waals surface area contributed by atoms with Crippen LogP contribution in [0.25, 0.3) is 0 Å². The standard InChI is InChI=1S/C17H30N2O/c1-4-19(12-16-6-5-11-20-16)17(13-18)9-7-15(8-10-17)14(2)3/h5-6,11,14-15H,4,7-10,12-13,18H2,1-3H3. The molecule has 0 radical (unpaired) electrons. The van der Waals surface area contributed by atoms with E-state index in [9.17, 15) is 0 Å². The maximum atomic E-state index is 6.19. The molecule has 0 unspecified atom stereocenters. The minimum Gasteiger partial charge on any atom is -0.468 e. The SMILES string of the molecule is CCN(Cc1ccco1)C1(CN)CCC(C(C)C)CC1. The summed E-state index contributed by atoms with van der Waals surface area (Å²) >= 11 is 0. The lowest BCUT2D eigenvalue weighted by Gasteiger charge is -2.47. The number of nitrogens with zero attached hydrogens (tertiary/aromatic N) is 1. The molecular weight excluding hydrogens is 248 g/mol. The van der Waals surface area contributed by atoms with E-state index in [0.29, 0.717) is 0 Å². The topological polar surface area (TPSA) is 42.4 Å². The molecule has 0 bridgehead atoms. The van der Waals surface area contributed by atoms with Crippen LogP contribution in [-0.2, 0) is 6.54 Å². The van der Waals surface area contributed by atoms with Crippen molar-refractivity contribution in [3.63, 3.8) is 0 Å². The second-order valence-corrected chi connectivity index (χ2v) is 6.60. The maximum Gasteiger partial charge on any atom is 0.117 e. The highest BCUT2D eigenvalue weighted by molar-refractivity contribution is 5.02. The second-order valence-electron chi connectivity index (χ2n) is 6.60. The third-order valence-corrected chi connectivity index (χ3v) is 5.26. The third-order valence-electron chi connectivity index (χ3n) is 5.26. The number of likely N-dealkylation sites (N-methyl/N-ethyl adjacent to an activating group) is 1. The third kappa shape index (κ3) is 3.26. The van der Waals surface area contributed by atoms with Gasteiger partial charge < -0.3 is 10.2 Å². The van der Waals surface area contributed by atoms with Crippen LogP contribution in [-0.4, -0.2) is 23.5 Å². The Morgan fingerprint density at radius 2 is 2.10 bits per heavy atom. The number of rotatable bonds is 6. The summed E-state index contributed by atoms with van der Waals surface area (Å²) in [5.74, 6) is 2.72. The average Bonchev–Trinajstić information content (AvgIpc) is 2.97. The fourth-order valence-electron chi connectivity index (χ4n) is 3.70. The van der Waals surface area contributed by atoms with Gasteiger partial charge in [0.05, 0.1) is 12.8 Å². The molecule has 3 heteroatoms. The molecule has 1 aliphatic carbocycles. The van der Waals surface area contributed by atoms with Gasteiger partial charge in [0.15, 0.2) is 0 Å². The molecule has 1 heterocycles. The molecule has 0 aliphatic heterocycles. The Labute approximate surface area is 123 Å². The summed E-state index contributed by atoms with van der Waals surface area (Å²) in [6, 6.07) is 4.03. The van der Waals surface area contributed by atoms with E-state index in [1.165, 1.54) is 25.7 Å². The molecule has 1 fully saturated rings. The van der Waals surface area contributed by atoms with E-state index in [1.807, 2.05) is 6.07 Å². The lowest BCUT2D eigenvalue weighted by atomic mass is 9.72. The summed E-state index contributed by atoms with van der Waals surface area (Å²) in [6.07, 6.45) is 6.82. The van der Waals surface area contributed by atoms with Gasteiger partial charge in [0.1, 0.15) is 5.76 Å². The fraction of sp³-hybridized carbons (Fsp3) is 0.765. The first-order valence-electron chi connectivity index (χ1n) is 8.09. The number of hydrogen-bond donors (Lipinski definition) is 1. The number of hydrogen-bond acceptors (Lipinski definition) is 3. The smallest absolute Gasteiger partial charge is 0.117 e. The van der Waals surface area contributed by atoms with E-state index in [2.05, 4.69) is 31.7 Å². The van der Waals surface area contributed by atoms with Gasteiger partial charge in [-0.15, -0.1) is 0 Å². The molecular formula is C17H30N2O. The molecule has 1 aliphatic rings. The molecule has 0 spiro atoms. The van der Waals surface area contributed by atoms with Gasteiger partial charge in [-0.25, -0.2) is 0 Å². The summed E-state index contributed by atoms with van der Waals surface area (Å²) in [6.45, 7) is 9.60. The van der Waals surface area contributed by atoms with Crippen molar-refractivity contribution in [1.29, 1.82) is 0 Å². The van der Waals surface area contributed by atoms with Gasteiger partial charge in [0, 0.05) is 12.1 Å². The fourth-order valence-corrected chi connectivity index (χ4v) is 3.70. The quantitative estimate of drug-likeness (QED) is 0.863. The summed E-state index contributed by atoms with van der Waals surface area (Å²) in [7, 11) is 0. The molecule has 2 N–H and O–H groups in total. The monoisotopic (exact) mass is 278 g/mol. The highest BCUT2D eigenvalue weighted by atomic mass is 16.3. The zero-order chi connectivity index (χ0) is 14.6. The van der Waals surface area contributed by atoms with Gasteiger partial charge >= 0.3 is 0 Å². The normalized spacial score (nSPS) is 27.4. The Balaban J connectivity index is 2.05. The van der Waals surface area contributed by atoms with Crippen molar-refractivity contribution >= 4 is 0 Å². The van der Waals surface area contributed by atoms with Crippen molar-refractivity contribution in [2.45, 2.75) is 58.5 Å². The zero-order valence-corrected chi connectivity index (χ0v) is 13.3. The van der Waals surface area contributed by atoms with Gasteiger partial charge in [-0.05, 0) is 56.2 Å². The van der Waals surface area contributed by atoms with Crippen molar-refractivity contribution in [3.05, 3.63) is 24.2 Å². The molecule has 0 atom stereocenters. The van der Waals surface area contributed by atoms with Crippen molar-refractivity contribution in [2.75, 3.05) is 13.1 Å². The molecule has 20 heavy (non-hydrogen) atoms. The summed E-state index contributed by atoms with van der Waals surface area (Å²) in [5, 5.41) is 0. The number of nitrogens with two attached hydrogens (primary N) is 1. The van der Waals surface area contributed by atoms with Gasteiger partial charge in [-0.1, -0.05) is 20.8 Å². The van der Waals surface area contributed by atoms with Crippen molar-refractivity contribution in [3.8, 4) is 0 Å². The summed E-state index contributed by atoms with van der Waals surface area (Å²) in [5.41, 5.74) is 6.37. The van der Waals surface area contributed by atoms with E-state index >= 15 is 0 Å².